The molecule has 1 saturated heterocycles. The van der Waals surface area contributed by atoms with E-state index in [2.05, 4.69) is 16.7 Å². The van der Waals surface area contributed by atoms with Gasteiger partial charge in [-0.3, -0.25) is 14.4 Å². The van der Waals surface area contributed by atoms with Crippen molar-refractivity contribution in [3.63, 3.8) is 0 Å². The van der Waals surface area contributed by atoms with Gasteiger partial charge in [-0.05, 0) is 45.1 Å². The molecule has 7 heteroatoms. The Kier molecular flexibility index (Phi) is 9.31. The minimum absolute atomic E-state index is 0.0891. The normalized spacial score (nSPS) is 20.0. The van der Waals surface area contributed by atoms with Gasteiger partial charge >= 0.3 is 5.97 Å². The predicted octanol–water partition coefficient (Wildman–Crippen LogP) is 1.53. The van der Waals surface area contributed by atoms with E-state index in [0.29, 0.717) is 19.7 Å². The molecule has 2 amide bonds. The van der Waals surface area contributed by atoms with Gasteiger partial charge in [0.05, 0.1) is 19.6 Å². The Balaban J connectivity index is 1.77. The van der Waals surface area contributed by atoms with E-state index in [1.807, 2.05) is 6.92 Å². The Labute approximate surface area is 161 Å². The Hall–Kier alpha value is -1.89. The average molecular weight is 380 g/mol. The van der Waals surface area contributed by atoms with Crippen molar-refractivity contribution in [2.24, 2.45) is 0 Å². The molecule has 152 valence electrons. The first-order valence-corrected chi connectivity index (χ1v) is 10.2. The van der Waals surface area contributed by atoms with Crippen LogP contribution in [0.4, 0.5) is 0 Å². The van der Waals surface area contributed by atoms with Gasteiger partial charge in [0, 0.05) is 13.1 Å². The molecule has 1 heterocycles. The van der Waals surface area contributed by atoms with Gasteiger partial charge in [0.15, 0.2) is 0 Å². The van der Waals surface area contributed by atoms with E-state index in [0.717, 1.165) is 38.6 Å². The van der Waals surface area contributed by atoms with Crippen molar-refractivity contribution < 1.29 is 19.1 Å². The summed E-state index contributed by atoms with van der Waals surface area (Å²) in [6, 6.07) is -0.775. The highest BCUT2D eigenvalue weighted by molar-refractivity contribution is 5.92. The van der Waals surface area contributed by atoms with Gasteiger partial charge < -0.3 is 20.3 Å². The van der Waals surface area contributed by atoms with Crippen LogP contribution in [0.15, 0.2) is 11.6 Å². The zero-order valence-corrected chi connectivity index (χ0v) is 16.4. The molecule has 1 unspecified atom stereocenters. The monoisotopic (exact) mass is 379 g/mol. The maximum absolute atomic E-state index is 12.6. The van der Waals surface area contributed by atoms with Crippen LogP contribution in [0.1, 0.15) is 58.3 Å². The number of carbonyl (C=O) groups is 3. The molecular weight excluding hydrogens is 346 g/mol. The molecule has 7 nitrogen and oxygen atoms in total. The molecule has 2 rings (SSSR count). The third-order valence-corrected chi connectivity index (χ3v) is 5.06. The molecule has 2 aliphatic rings. The van der Waals surface area contributed by atoms with Gasteiger partial charge in [0.1, 0.15) is 6.04 Å². The number of amides is 2. The van der Waals surface area contributed by atoms with E-state index in [-0.39, 0.29) is 24.8 Å². The Morgan fingerprint density at radius 2 is 2.22 bits per heavy atom. The fraction of sp³-hybridized carbons (Fsp3) is 0.750. The number of hydrogen-bond donors (Lipinski definition) is 2. The summed E-state index contributed by atoms with van der Waals surface area (Å²) in [7, 11) is 0. The van der Waals surface area contributed by atoms with Crippen LogP contribution < -0.4 is 10.6 Å². The predicted molar refractivity (Wildman–Crippen MR) is 103 cm³/mol. The van der Waals surface area contributed by atoms with Crippen molar-refractivity contribution in [3.8, 4) is 0 Å². The largest absolute Gasteiger partial charge is 0.466 e. The summed E-state index contributed by atoms with van der Waals surface area (Å²) in [4.78, 5) is 38.2. The van der Waals surface area contributed by atoms with Crippen LogP contribution in [0, 0.1) is 0 Å². The van der Waals surface area contributed by atoms with Crippen LogP contribution in [0.5, 0.6) is 0 Å². The van der Waals surface area contributed by atoms with Crippen LogP contribution in [0.25, 0.3) is 0 Å². The summed E-state index contributed by atoms with van der Waals surface area (Å²) in [6.45, 7) is 4.14. The van der Waals surface area contributed by atoms with Crippen molar-refractivity contribution in [1.82, 2.24) is 15.5 Å². The van der Waals surface area contributed by atoms with E-state index >= 15 is 0 Å². The Morgan fingerprint density at radius 3 is 2.96 bits per heavy atom. The number of rotatable bonds is 10. The molecule has 0 aromatic rings. The lowest BCUT2D eigenvalue weighted by Gasteiger charge is -2.34. The molecule has 1 atom stereocenters. The lowest BCUT2D eigenvalue weighted by atomic mass is 9.97. The van der Waals surface area contributed by atoms with E-state index in [1.165, 1.54) is 23.3 Å². The molecule has 0 saturated carbocycles. The van der Waals surface area contributed by atoms with Crippen LogP contribution in [-0.2, 0) is 19.1 Å². The Bertz CT molecular complexity index is 547. The molecule has 0 radical (unpaired) electrons. The summed E-state index contributed by atoms with van der Waals surface area (Å²) in [6.07, 6.45) is 9.75. The van der Waals surface area contributed by atoms with Gasteiger partial charge in [0.25, 0.3) is 0 Å². The van der Waals surface area contributed by atoms with Crippen LogP contribution in [-0.4, -0.2) is 61.5 Å². The van der Waals surface area contributed by atoms with Gasteiger partial charge in [0.2, 0.25) is 11.8 Å². The molecule has 2 N–H and O–H groups in total. The third kappa shape index (κ3) is 7.33. The molecule has 1 aliphatic carbocycles. The van der Waals surface area contributed by atoms with E-state index in [4.69, 9.17) is 4.74 Å². The second-order valence-corrected chi connectivity index (χ2v) is 7.21. The molecule has 27 heavy (non-hydrogen) atoms. The average Bonchev–Trinajstić information content (AvgIpc) is 2.67. The summed E-state index contributed by atoms with van der Waals surface area (Å²) in [5, 5.41) is 5.91. The summed E-state index contributed by atoms with van der Waals surface area (Å²) in [5.74, 6) is -0.858. The second-order valence-electron chi connectivity index (χ2n) is 7.21. The highest BCUT2D eigenvalue weighted by Gasteiger charge is 2.34. The Morgan fingerprint density at radius 1 is 1.37 bits per heavy atom. The first-order valence-electron chi connectivity index (χ1n) is 10.2. The topological polar surface area (TPSA) is 87.7 Å². The quantitative estimate of drug-likeness (QED) is 0.341. The van der Waals surface area contributed by atoms with Gasteiger partial charge in [-0.2, -0.15) is 0 Å². The number of nitrogens with zero attached hydrogens (tertiary/aromatic N) is 1. The zero-order valence-electron chi connectivity index (χ0n) is 16.4. The van der Waals surface area contributed by atoms with E-state index in [1.54, 1.807) is 0 Å². The summed E-state index contributed by atoms with van der Waals surface area (Å²) < 4.78 is 5.15. The van der Waals surface area contributed by atoms with Crippen molar-refractivity contribution in [1.29, 1.82) is 0 Å². The number of unbranched alkanes of at least 4 members (excludes halogenated alkanes) is 1. The number of nitrogens with one attached hydrogen (secondary N) is 2. The van der Waals surface area contributed by atoms with Gasteiger partial charge in [-0.1, -0.05) is 25.0 Å². The molecule has 1 aliphatic heterocycles. The van der Waals surface area contributed by atoms with Crippen LogP contribution in [0.2, 0.25) is 0 Å². The first kappa shape index (κ1) is 21.4. The van der Waals surface area contributed by atoms with Gasteiger partial charge in [-0.15, -0.1) is 0 Å². The highest BCUT2D eigenvalue weighted by Crippen LogP contribution is 2.19. The molecule has 0 spiro atoms. The van der Waals surface area contributed by atoms with Gasteiger partial charge in [-0.25, -0.2) is 0 Å². The molecule has 1 fully saturated rings. The van der Waals surface area contributed by atoms with Crippen molar-refractivity contribution in [3.05, 3.63) is 11.6 Å². The summed E-state index contributed by atoms with van der Waals surface area (Å²) >= 11 is 0. The third-order valence-electron chi connectivity index (χ3n) is 5.06. The lowest BCUT2D eigenvalue weighted by Crippen LogP contribution is -2.59. The maximum Gasteiger partial charge on any atom is 0.308 e. The number of ether oxygens (including phenoxy) is 1. The smallest absolute Gasteiger partial charge is 0.308 e. The first-order chi connectivity index (χ1) is 13.1. The standard InChI is InChI=1S/C20H33N3O4/c1-2-3-13-27-19(25)14-17-20(26)22-11-12-23(17)18(24)15-21-10-9-16-7-5-4-6-8-16/h7,17,21H,2-6,8-15H2,1H3,(H,22,26). The lowest BCUT2D eigenvalue weighted by molar-refractivity contribution is -0.151. The minimum atomic E-state index is -0.775. The number of hydrogen-bond acceptors (Lipinski definition) is 5. The SMILES string of the molecule is CCCCOC(=O)CC1C(=O)NCCN1C(=O)CNCCC1=CCCCC1. The summed E-state index contributed by atoms with van der Waals surface area (Å²) in [5.41, 5.74) is 1.46. The molecule has 0 aromatic heterocycles. The number of piperazine rings is 1. The van der Waals surface area contributed by atoms with Crippen LogP contribution >= 0.6 is 0 Å². The fourth-order valence-corrected chi connectivity index (χ4v) is 3.44. The van der Waals surface area contributed by atoms with Crippen molar-refractivity contribution >= 4 is 17.8 Å². The van der Waals surface area contributed by atoms with E-state index < -0.39 is 12.0 Å². The van der Waals surface area contributed by atoms with E-state index in [9.17, 15) is 14.4 Å². The number of esters is 1. The molecule has 0 aromatic carbocycles. The second kappa shape index (κ2) is 11.7. The van der Waals surface area contributed by atoms with Crippen molar-refractivity contribution in [2.75, 3.05) is 32.8 Å². The fourth-order valence-electron chi connectivity index (χ4n) is 3.44. The zero-order chi connectivity index (χ0) is 19.5. The van der Waals surface area contributed by atoms with Crippen LogP contribution in [0.3, 0.4) is 0 Å². The number of allylic oxidation sites excluding steroid dienone is 1. The minimum Gasteiger partial charge on any atom is -0.466 e. The molecule has 0 bridgehead atoms. The highest BCUT2D eigenvalue weighted by atomic mass is 16.5. The number of carbonyl (C=O) groups excluding carboxylic acids is 3. The van der Waals surface area contributed by atoms with Crippen molar-refractivity contribution in [2.45, 2.75) is 64.3 Å². The molecular formula is C20H33N3O4. The maximum atomic E-state index is 12.6.